The predicted octanol–water partition coefficient (Wildman–Crippen LogP) is 22.0. The van der Waals surface area contributed by atoms with Crippen molar-refractivity contribution in [3.8, 4) is 147 Å². The number of hydrogen-bond donors (Lipinski definition) is 0. The van der Waals surface area contributed by atoms with Crippen LogP contribution in [0.15, 0.2) is 340 Å². The molecule has 0 bridgehead atoms. The predicted molar refractivity (Wildman–Crippen MR) is 397 cm³/mol. The molecule has 1 atom stereocenters. The topological polar surface area (TPSA) is 95.8 Å². The molecular formula is C92H56N6O2. The summed E-state index contributed by atoms with van der Waals surface area (Å²) in [6, 6.07) is 117. The van der Waals surface area contributed by atoms with E-state index in [0.29, 0.717) is 11.6 Å². The number of benzene rings is 12. The molecule has 20 rings (SSSR count). The average Bonchev–Trinajstić information content (AvgIpc) is 1.48. The van der Waals surface area contributed by atoms with Crippen molar-refractivity contribution >= 4 is 0 Å². The lowest BCUT2D eigenvalue weighted by atomic mass is 9.65. The van der Waals surface area contributed by atoms with E-state index in [1.54, 1.807) is 0 Å². The summed E-state index contributed by atoms with van der Waals surface area (Å²) in [5.41, 5.74) is 26.5. The van der Waals surface area contributed by atoms with Crippen molar-refractivity contribution in [3.05, 3.63) is 384 Å². The fourth-order valence-electron chi connectivity index (χ4n) is 16.3. The van der Waals surface area contributed by atoms with Crippen molar-refractivity contribution in [2.45, 2.75) is 10.8 Å². The van der Waals surface area contributed by atoms with Crippen LogP contribution >= 0.6 is 0 Å². The summed E-state index contributed by atoms with van der Waals surface area (Å²) >= 11 is 0. The summed E-state index contributed by atoms with van der Waals surface area (Å²) in [6.45, 7) is 0. The molecule has 6 heterocycles. The van der Waals surface area contributed by atoms with Gasteiger partial charge in [0.05, 0.1) is 50.7 Å². The molecule has 8 nitrogen and oxygen atoms in total. The molecule has 2 spiro atoms. The minimum absolute atomic E-state index is 0.589. The number of nitrogens with zero attached hydrogens (tertiary/aromatic N) is 6. The molecule has 0 fully saturated rings. The van der Waals surface area contributed by atoms with Crippen LogP contribution in [0.2, 0.25) is 0 Å². The van der Waals surface area contributed by atoms with Gasteiger partial charge in [0.15, 0.2) is 11.6 Å². The molecule has 466 valence electrons. The number of para-hydroxylation sites is 4. The smallest absolute Gasteiger partial charge is 0.160 e. The van der Waals surface area contributed by atoms with Crippen molar-refractivity contribution in [1.82, 2.24) is 29.9 Å². The first-order chi connectivity index (χ1) is 49.6. The minimum atomic E-state index is -0.778. The molecular weight excluding hydrogens is 1220 g/mol. The molecule has 8 heteroatoms. The Morgan fingerprint density at radius 1 is 0.210 bits per heavy atom. The molecule has 0 saturated heterocycles. The molecule has 0 saturated carbocycles. The van der Waals surface area contributed by atoms with E-state index in [1.807, 2.05) is 72.9 Å². The zero-order chi connectivity index (χ0) is 65.9. The monoisotopic (exact) mass is 1280 g/mol. The highest BCUT2D eigenvalue weighted by molar-refractivity contribution is 5.98. The van der Waals surface area contributed by atoms with Crippen molar-refractivity contribution in [2.75, 3.05) is 0 Å². The lowest BCUT2D eigenvalue weighted by Gasteiger charge is -2.40. The molecule has 0 radical (unpaired) electrons. The Morgan fingerprint density at radius 3 is 1.21 bits per heavy atom. The van der Waals surface area contributed by atoms with Gasteiger partial charge in [0, 0.05) is 67.4 Å². The molecule has 4 aliphatic rings. The van der Waals surface area contributed by atoms with E-state index in [9.17, 15) is 0 Å². The third-order valence-corrected chi connectivity index (χ3v) is 20.5. The lowest BCUT2D eigenvalue weighted by Crippen LogP contribution is -2.32. The van der Waals surface area contributed by atoms with E-state index < -0.39 is 10.8 Å². The standard InChI is InChI=1S/C92H56N6O2/c1-4-25-57(26-5-1)80-54-82(62-51-52-77(93-56-62)67-37-22-45-75-87(67)99-84-49-18-16-42-72(84)91(75)69-39-13-10-33-64(69)65-34-11-14-40-70(65)91)97-90(96-80)61-32-20-31-60(53-61)63-36-21-44-74-86(63)66-35-12-15-41-71(66)92(74)73-43-17-19-50-85(73)100-88-68(38-23-46-76(88)92)78-47-24-48-79(94-78)83-55-81(58-27-6-2-7-28-58)95-89(98-83)59-29-8-3-9-30-59/h1-56H. The van der Waals surface area contributed by atoms with Gasteiger partial charge in [-0.15, -0.1) is 0 Å². The maximum absolute atomic E-state index is 7.25. The Morgan fingerprint density at radius 2 is 0.610 bits per heavy atom. The van der Waals surface area contributed by atoms with Gasteiger partial charge in [-0.25, -0.2) is 24.9 Å². The van der Waals surface area contributed by atoms with Crippen LogP contribution in [-0.2, 0) is 10.8 Å². The Balaban J connectivity index is 0.689. The molecule has 100 heavy (non-hydrogen) atoms. The fourth-order valence-corrected chi connectivity index (χ4v) is 16.3. The van der Waals surface area contributed by atoms with Gasteiger partial charge in [-0.05, 0) is 122 Å². The highest BCUT2D eigenvalue weighted by atomic mass is 16.5. The van der Waals surface area contributed by atoms with Crippen molar-refractivity contribution in [2.24, 2.45) is 0 Å². The Kier molecular flexibility index (Phi) is 12.9. The summed E-state index contributed by atoms with van der Waals surface area (Å²) in [5.74, 6) is 4.41. The minimum Gasteiger partial charge on any atom is -0.456 e. The van der Waals surface area contributed by atoms with E-state index in [4.69, 9.17) is 39.4 Å². The first-order valence-electron chi connectivity index (χ1n) is 33.8. The zero-order valence-electron chi connectivity index (χ0n) is 53.8. The third-order valence-electron chi connectivity index (χ3n) is 20.5. The lowest BCUT2D eigenvalue weighted by molar-refractivity contribution is 0.437. The number of pyridine rings is 2. The van der Waals surface area contributed by atoms with Gasteiger partial charge in [0.2, 0.25) is 0 Å². The van der Waals surface area contributed by atoms with Crippen LogP contribution in [0.1, 0.15) is 44.5 Å². The summed E-state index contributed by atoms with van der Waals surface area (Å²) in [7, 11) is 0. The van der Waals surface area contributed by atoms with Crippen LogP contribution < -0.4 is 9.47 Å². The van der Waals surface area contributed by atoms with E-state index >= 15 is 0 Å². The van der Waals surface area contributed by atoms with Gasteiger partial charge in [-0.3, -0.25) is 4.98 Å². The van der Waals surface area contributed by atoms with Crippen LogP contribution in [-0.4, -0.2) is 29.9 Å². The quantitative estimate of drug-likeness (QED) is 0.141. The second kappa shape index (κ2) is 22.7. The second-order valence-corrected chi connectivity index (χ2v) is 25.9. The summed E-state index contributed by atoms with van der Waals surface area (Å²) in [4.78, 5) is 31.8. The molecule has 0 N–H and O–H groups in total. The second-order valence-electron chi connectivity index (χ2n) is 25.9. The maximum Gasteiger partial charge on any atom is 0.160 e. The number of hydrogen-bond acceptors (Lipinski definition) is 8. The normalized spacial score (nSPS) is 14.3. The van der Waals surface area contributed by atoms with Crippen molar-refractivity contribution in [3.63, 3.8) is 0 Å². The Hall–Kier alpha value is -13.3. The summed E-state index contributed by atoms with van der Waals surface area (Å²) < 4.78 is 14.3. The van der Waals surface area contributed by atoms with Crippen molar-refractivity contribution in [1.29, 1.82) is 0 Å². The SMILES string of the molecule is c1ccc(-c2cc(-c3ccc(-c4cccc5c4Oc4ccccc4C54c5ccccc5-c5ccccc54)nc3)nc(-c3cccc(-c4cccc5c4-c4ccccc4C54c5ccccc5Oc5c(-c6cccc(-c7cc(-c8ccccc8)nc(-c8ccccc8)n7)n6)cccc54)c3)n2)cc1. The van der Waals surface area contributed by atoms with Gasteiger partial charge in [0.1, 0.15) is 23.0 Å². The molecule has 4 aromatic heterocycles. The van der Waals surface area contributed by atoms with Gasteiger partial charge >= 0.3 is 0 Å². The van der Waals surface area contributed by atoms with Crippen LogP contribution in [0.5, 0.6) is 23.0 Å². The fraction of sp³-hybridized carbons (Fsp3) is 0.0217. The average molecular weight is 1280 g/mol. The third kappa shape index (κ3) is 8.66. The molecule has 16 aromatic rings. The first kappa shape index (κ1) is 57.0. The number of fused-ring (bicyclic) bond motifs is 18. The van der Waals surface area contributed by atoms with Crippen LogP contribution in [0.25, 0.3) is 124 Å². The highest BCUT2D eigenvalue weighted by Crippen LogP contribution is 2.66. The van der Waals surface area contributed by atoms with Crippen molar-refractivity contribution < 1.29 is 9.47 Å². The first-order valence-corrected chi connectivity index (χ1v) is 33.8. The molecule has 2 aliphatic carbocycles. The van der Waals surface area contributed by atoms with Crippen LogP contribution in [0.3, 0.4) is 0 Å². The largest absolute Gasteiger partial charge is 0.456 e. The van der Waals surface area contributed by atoms with Gasteiger partial charge in [0.25, 0.3) is 0 Å². The van der Waals surface area contributed by atoms with Crippen LogP contribution in [0, 0.1) is 0 Å². The maximum atomic E-state index is 7.25. The Bertz CT molecular complexity index is 5890. The number of ether oxygens (including phenoxy) is 2. The molecule has 1 unspecified atom stereocenters. The zero-order valence-corrected chi connectivity index (χ0v) is 53.8. The van der Waals surface area contributed by atoms with E-state index in [0.717, 1.165) is 152 Å². The number of rotatable bonds is 9. The highest BCUT2D eigenvalue weighted by Gasteiger charge is 2.53. The summed E-state index contributed by atoms with van der Waals surface area (Å²) in [5, 5.41) is 0. The molecule has 2 aliphatic heterocycles. The van der Waals surface area contributed by atoms with E-state index in [2.05, 4.69) is 267 Å². The van der Waals surface area contributed by atoms with Gasteiger partial charge in [-0.2, -0.15) is 0 Å². The summed E-state index contributed by atoms with van der Waals surface area (Å²) in [6.07, 6.45) is 1.94. The number of aromatic nitrogens is 6. The van der Waals surface area contributed by atoms with Gasteiger partial charge in [-0.1, -0.05) is 267 Å². The van der Waals surface area contributed by atoms with Gasteiger partial charge < -0.3 is 9.47 Å². The van der Waals surface area contributed by atoms with Crippen LogP contribution in [0.4, 0.5) is 0 Å². The van der Waals surface area contributed by atoms with E-state index in [-0.39, 0.29) is 0 Å². The molecule has 12 aromatic carbocycles. The van der Waals surface area contributed by atoms with E-state index in [1.165, 1.54) is 27.8 Å². The molecule has 0 amide bonds. The Labute approximate surface area is 578 Å².